The lowest BCUT2D eigenvalue weighted by Gasteiger charge is -2.32. The third kappa shape index (κ3) is 7.28. The van der Waals surface area contributed by atoms with E-state index in [4.69, 9.17) is 0 Å². The van der Waals surface area contributed by atoms with Crippen LogP contribution in [0.1, 0.15) is 44.7 Å². The number of amides is 2. The van der Waals surface area contributed by atoms with Crippen molar-refractivity contribution in [3.63, 3.8) is 0 Å². The molecular weight excluding hydrogens is 457 g/mol. The van der Waals surface area contributed by atoms with Gasteiger partial charge in [0.1, 0.15) is 18.4 Å². The van der Waals surface area contributed by atoms with Gasteiger partial charge in [-0.2, -0.15) is 0 Å². The van der Waals surface area contributed by atoms with Crippen LogP contribution in [0.3, 0.4) is 0 Å². The second-order valence-corrected chi connectivity index (χ2v) is 10.1. The smallest absolute Gasteiger partial charge is 0.244 e. The topological polar surface area (TPSA) is 86.8 Å². The average Bonchev–Trinajstić information content (AvgIpc) is 2.80. The first-order chi connectivity index (χ1) is 16.1. The molecule has 2 amide bonds. The molecule has 0 aliphatic carbocycles. The molecule has 0 spiro atoms. The number of aryl methyl sites for hydroxylation is 1. The zero-order valence-corrected chi connectivity index (χ0v) is 21.1. The lowest BCUT2D eigenvalue weighted by molar-refractivity contribution is -0.139. The second-order valence-electron chi connectivity index (χ2n) is 8.19. The number of nitrogens with one attached hydrogen (secondary N) is 1. The summed E-state index contributed by atoms with van der Waals surface area (Å²) in [6.45, 7) is 5.25. The molecule has 1 atom stereocenters. The summed E-state index contributed by atoms with van der Waals surface area (Å²) in [5.41, 5.74) is 1.42. The molecule has 0 bridgehead atoms. The van der Waals surface area contributed by atoms with Crippen molar-refractivity contribution in [2.24, 2.45) is 0 Å². The van der Waals surface area contributed by atoms with E-state index in [1.165, 1.54) is 17.0 Å². The zero-order chi connectivity index (χ0) is 25.3. The highest BCUT2D eigenvalue weighted by Crippen LogP contribution is 2.24. The van der Waals surface area contributed by atoms with Crippen LogP contribution >= 0.6 is 0 Å². The van der Waals surface area contributed by atoms with Crippen LogP contribution in [0.2, 0.25) is 0 Å². The van der Waals surface area contributed by atoms with Crippen LogP contribution in [0, 0.1) is 5.82 Å². The van der Waals surface area contributed by atoms with Crippen LogP contribution in [-0.2, 0) is 32.6 Å². The number of hydrogen-bond acceptors (Lipinski definition) is 4. The van der Waals surface area contributed by atoms with E-state index in [-0.39, 0.29) is 18.0 Å². The van der Waals surface area contributed by atoms with Gasteiger partial charge in [0.05, 0.1) is 11.9 Å². The maximum atomic E-state index is 14.4. The minimum atomic E-state index is -3.81. The number of hydrogen-bond donors (Lipinski definition) is 1. The number of rotatable bonds is 12. The van der Waals surface area contributed by atoms with E-state index in [1.54, 1.807) is 43.3 Å². The lowest BCUT2D eigenvalue weighted by Crippen LogP contribution is -2.51. The van der Waals surface area contributed by atoms with E-state index < -0.39 is 34.3 Å². The zero-order valence-electron chi connectivity index (χ0n) is 20.3. The van der Waals surface area contributed by atoms with Crippen LogP contribution in [0.5, 0.6) is 0 Å². The summed E-state index contributed by atoms with van der Waals surface area (Å²) in [6.07, 6.45) is 3.29. The van der Waals surface area contributed by atoms with Gasteiger partial charge in [0, 0.05) is 18.7 Å². The second kappa shape index (κ2) is 12.5. The Morgan fingerprint density at radius 2 is 1.65 bits per heavy atom. The molecule has 1 unspecified atom stereocenters. The molecule has 34 heavy (non-hydrogen) atoms. The van der Waals surface area contributed by atoms with E-state index in [1.807, 2.05) is 13.8 Å². The molecule has 0 aliphatic rings. The van der Waals surface area contributed by atoms with Crippen molar-refractivity contribution in [2.75, 3.05) is 23.7 Å². The van der Waals surface area contributed by atoms with Crippen molar-refractivity contribution in [3.8, 4) is 0 Å². The van der Waals surface area contributed by atoms with Crippen molar-refractivity contribution >= 4 is 27.5 Å². The number of halogens is 1. The predicted molar refractivity (Wildman–Crippen MR) is 132 cm³/mol. The van der Waals surface area contributed by atoms with Crippen LogP contribution in [0.4, 0.5) is 10.1 Å². The van der Waals surface area contributed by atoms with E-state index >= 15 is 0 Å². The standard InChI is InChI=1S/C25H34FN3O4S/c1-5-7-16-27-25(31)19(3)28(17-21-13-8-10-14-22(21)26)24(30)18-29(34(4,32)33)23-15-11-9-12-20(23)6-2/h8-15,19H,5-7,16-18H2,1-4H3,(H,27,31). The van der Waals surface area contributed by atoms with Gasteiger partial charge in [-0.3, -0.25) is 13.9 Å². The number of para-hydroxylation sites is 1. The van der Waals surface area contributed by atoms with Gasteiger partial charge in [-0.1, -0.05) is 56.7 Å². The Morgan fingerprint density at radius 1 is 1.03 bits per heavy atom. The Hall–Kier alpha value is -2.94. The number of carbonyl (C=O) groups is 2. The molecule has 0 radical (unpaired) electrons. The number of anilines is 1. The van der Waals surface area contributed by atoms with Crippen molar-refractivity contribution in [2.45, 2.75) is 52.6 Å². The van der Waals surface area contributed by atoms with Crippen molar-refractivity contribution in [1.82, 2.24) is 10.2 Å². The average molecular weight is 492 g/mol. The highest BCUT2D eigenvalue weighted by molar-refractivity contribution is 7.92. The molecule has 2 aromatic carbocycles. The SMILES string of the molecule is CCCCNC(=O)C(C)N(Cc1ccccc1F)C(=O)CN(c1ccccc1CC)S(C)(=O)=O. The summed E-state index contributed by atoms with van der Waals surface area (Å²) in [6, 6.07) is 12.0. The van der Waals surface area contributed by atoms with Gasteiger partial charge < -0.3 is 10.2 Å². The summed E-state index contributed by atoms with van der Waals surface area (Å²) in [4.78, 5) is 27.5. The van der Waals surface area contributed by atoms with Crippen LogP contribution in [0.25, 0.3) is 0 Å². The van der Waals surface area contributed by atoms with Gasteiger partial charge in [-0.05, 0) is 37.5 Å². The van der Waals surface area contributed by atoms with Gasteiger partial charge in [-0.15, -0.1) is 0 Å². The third-order valence-corrected chi connectivity index (χ3v) is 6.74. The van der Waals surface area contributed by atoms with Gasteiger partial charge in [0.15, 0.2) is 0 Å². The van der Waals surface area contributed by atoms with E-state index in [0.29, 0.717) is 18.7 Å². The number of unbranched alkanes of at least 4 members (excludes halogenated alkanes) is 1. The first kappa shape index (κ1) is 27.3. The summed E-state index contributed by atoms with van der Waals surface area (Å²) >= 11 is 0. The Bertz CT molecular complexity index is 1090. The number of nitrogens with zero attached hydrogens (tertiary/aromatic N) is 2. The highest BCUT2D eigenvalue weighted by Gasteiger charge is 2.31. The Kier molecular flexibility index (Phi) is 10.0. The molecule has 9 heteroatoms. The Morgan fingerprint density at radius 3 is 2.24 bits per heavy atom. The Labute approximate surface area is 202 Å². The third-order valence-electron chi connectivity index (χ3n) is 5.62. The summed E-state index contributed by atoms with van der Waals surface area (Å²) in [7, 11) is -3.81. The molecule has 0 aromatic heterocycles. The number of carbonyl (C=O) groups excluding carboxylic acids is 2. The maximum absolute atomic E-state index is 14.4. The van der Waals surface area contributed by atoms with Crippen molar-refractivity contribution < 1.29 is 22.4 Å². The van der Waals surface area contributed by atoms with Crippen molar-refractivity contribution in [1.29, 1.82) is 0 Å². The molecule has 2 rings (SSSR count). The molecule has 0 aliphatic heterocycles. The molecule has 0 fully saturated rings. The molecule has 0 saturated carbocycles. The fraction of sp³-hybridized carbons (Fsp3) is 0.440. The molecule has 0 heterocycles. The van der Waals surface area contributed by atoms with Crippen LogP contribution in [0.15, 0.2) is 48.5 Å². The maximum Gasteiger partial charge on any atom is 0.244 e. The first-order valence-corrected chi connectivity index (χ1v) is 13.3. The fourth-order valence-corrected chi connectivity index (χ4v) is 4.46. The van der Waals surface area contributed by atoms with E-state index in [9.17, 15) is 22.4 Å². The molecule has 186 valence electrons. The summed E-state index contributed by atoms with van der Waals surface area (Å²) in [5, 5.41) is 2.79. The molecular formula is C25H34FN3O4S. The normalized spacial score (nSPS) is 12.1. The molecule has 1 N–H and O–H groups in total. The quantitative estimate of drug-likeness (QED) is 0.461. The van der Waals surface area contributed by atoms with E-state index in [0.717, 1.165) is 29.0 Å². The van der Waals surface area contributed by atoms with Crippen LogP contribution in [-0.4, -0.2) is 50.5 Å². The van der Waals surface area contributed by atoms with Gasteiger partial charge in [0.2, 0.25) is 21.8 Å². The fourth-order valence-electron chi connectivity index (χ4n) is 3.58. The lowest BCUT2D eigenvalue weighted by atomic mass is 10.1. The number of benzene rings is 2. The molecule has 2 aromatic rings. The van der Waals surface area contributed by atoms with E-state index in [2.05, 4.69) is 5.32 Å². The number of sulfonamides is 1. The van der Waals surface area contributed by atoms with Gasteiger partial charge in [0.25, 0.3) is 0 Å². The molecule has 0 saturated heterocycles. The van der Waals surface area contributed by atoms with Crippen LogP contribution < -0.4 is 9.62 Å². The van der Waals surface area contributed by atoms with Gasteiger partial charge >= 0.3 is 0 Å². The van der Waals surface area contributed by atoms with Crippen molar-refractivity contribution in [3.05, 3.63) is 65.5 Å². The highest BCUT2D eigenvalue weighted by atomic mass is 32.2. The largest absolute Gasteiger partial charge is 0.354 e. The minimum Gasteiger partial charge on any atom is -0.354 e. The summed E-state index contributed by atoms with van der Waals surface area (Å²) in [5.74, 6) is -1.48. The predicted octanol–water partition coefficient (Wildman–Crippen LogP) is 3.49. The minimum absolute atomic E-state index is 0.166. The van der Waals surface area contributed by atoms with Gasteiger partial charge in [-0.25, -0.2) is 12.8 Å². The monoisotopic (exact) mass is 491 g/mol. The Balaban J connectivity index is 2.40. The first-order valence-electron chi connectivity index (χ1n) is 11.5. The molecule has 7 nitrogen and oxygen atoms in total. The summed E-state index contributed by atoms with van der Waals surface area (Å²) < 4.78 is 40.8.